The van der Waals surface area contributed by atoms with Gasteiger partial charge in [-0.2, -0.15) is 0 Å². The maximum atomic E-state index is 5.80. The molecule has 0 N–H and O–H groups in total. The van der Waals surface area contributed by atoms with E-state index in [2.05, 4.69) is 50.4 Å². The van der Waals surface area contributed by atoms with Crippen molar-refractivity contribution in [3.05, 3.63) is 35.9 Å². The molecule has 0 bridgehead atoms. The summed E-state index contributed by atoms with van der Waals surface area (Å²) in [6, 6.07) is 5.93. The molecule has 25 heavy (non-hydrogen) atoms. The number of anilines is 1. The number of ether oxygens (including phenoxy) is 1. The van der Waals surface area contributed by atoms with E-state index in [-0.39, 0.29) is 0 Å². The predicted octanol–water partition coefficient (Wildman–Crippen LogP) is 1.35. The van der Waals surface area contributed by atoms with Gasteiger partial charge in [0, 0.05) is 52.2 Å². The van der Waals surface area contributed by atoms with E-state index in [1.54, 1.807) is 0 Å². The Labute approximate surface area is 149 Å². The van der Waals surface area contributed by atoms with Crippen molar-refractivity contribution in [2.75, 3.05) is 38.1 Å². The van der Waals surface area contributed by atoms with E-state index in [9.17, 15) is 0 Å². The van der Waals surface area contributed by atoms with E-state index in [4.69, 9.17) is 4.74 Å². The lowest BCUT2D eigenvalue weighted by Gasteiger charge is -2.36. The Balaban J connectivity index is 1.58. The van der Waals surface area contributed by atoms with Crippen LogP contribution in [0.3, 0.4) is 0 Å². The Morgan fingerprint density at radius 1 is 1.20 bits per heavy atom. The Kier molecular flexibility index (Phi) is 5.65. The van der Waals surface area contributed by atoms with E-state index >= 15 is 0 Å². The van der Waals surface area contributed by atoms with Gasteiger partial charge >= 0.3 is 0 Å². The van der Waals surface area contributed by atoms with Gasteiger partial charge in [-0.05, 0) is 26.0 Å². The van der Waals surface area contributed by atoms with E-state index in [0.29, 0.717) is 18.6 Å². The molecule has 7 nitrogen and oxygen atoms in total. The summed E-state index contributed by atoms with van der Waals surface area (Å²) in [4.78, 5) is 8.99. The summed E-state index contributed by atoms with van der Waals surface area (Å²) in [7, 11) is 4.09. The monoisotopic (exact) mass is 344 g/mol. The third-order valence-corrected chi connectivity index (χ3v) is 4.60. The van der Waals surface area contributed by atoms with Gasteiger partial charge < -0.3 is 14.2 Å². The van der Waals surface area contributed by atoms with Crippen LogP contribution in [-0.4, -0.2) is 70.1 Å². The lowest BCUT2D eigenvalue weighted by atomic mass is 10.2. The molecule has 2 aromatic heterocycles. The van der Waals surface area contributed by atoms with Crippen LogP contribution in [0.5, 0.6) is 0 Å². The maximum Gasteiger partial charge on any atom is 0.226 e. The van der Waals surface area contributed by atoms with Crippen molar-refractivity contribution in [2.45, 2.75) is 32.5 Å². The molecule has 2 atom stereocenters. The van der Waals surface area contributed by atoms with Crippen molar-refractivity contribution in [1.29, 1.82) is 0 Å². The van der Waals surface area contributed by atoms with Crippen LogP contribution in [-0.2, 0) is 18.2 Å². The topological polar surface area (TPSA) is 59.3 Å². The largest absolute Gasteiger partial charge is 0.373 e. The number of hydrogen-bond donors (Lipinski definition) is 0. The molecule has 0 radical (unpaired) electrons. The number of hydrogen-bond acceptors (Lipinski definition) is 6. The molecule has 1 saturated heterocycles. The molecule has 0 amide bonds. The second kappa shape index (κ2) is 7.93. The minimum atomic E-state index is 0.300. The van der Waals surface area contributed by atoms with Gasteiger partial charge in [0.2, 0.25) is 5.95 Å². The van der Waals surface area contributed by atoms with Crippen LogP contribution >= 0.6 is 0 Å². The Morgan fingerprint density at radius 2 is 1.96 bits per heavy atom. The molecule has 1 fully saturated rings. The molecular weight excluding hydrogens is 316 g/mol. The minimum Gasteiger partial charge on any atom is -0.373 e. The number of rotatable bonds is 6. The first-order valence-corrected chi connectivity index (χ1v) is 8.90. The van der Waals surface area contributed by atoms with Gasteiger partial charge in [-0.3, -0.25) is 9.88 Å². The molecule has 7 heteroatoms. The standard InChI is InChI=1S/C18H28N6O/c1-14-12-24(13-15(2)25-14)10-9-22(3)18-21-20-17(23(18)4)11-16-7-5-6-8-19-16/h5-8,14-15H,9-13H2,1-4H3/t14-,15+. The summed E-state index contributed by atoms with van der Waals surface area (Å²) >= 11 is 0. The highest BCUT2D eigenvalue weighted by molar-refractivity contribution is 5.30. The Bertz CT molecular complexity index is 663. The van der Waals surface area contributed by atoms with Crippen LogP contribution in [0.15, 0.2) is 24.4 Å². The van der Waals surface area contributed by atoms with E-state index in [1.807, 2.05) is 31.4 Å². The van der Waals surface area contributed by atoms with Crippen molar-refractivity contribution in [3.63, 3.8) is 0 Å². The van der Waals surface area contributed by atoms with Crippen LogP contribution in [0, 0.1) is 0 Å². The second-order valence-corrected chi connectivity index (χ2v) is 6.91. The highest BCUT2D eigenvalue weighted by Crippen LogP contribution is 2.14. The molecular formula is C18H28N6O. The predicted molar refractivity (Wildman–Crippen MR) is 97.8 cm³/mol. The van der Waals surface area contributed by atoms with Gasteiger partial charge in [-0.1, -0.05) is 6.07 Å². The van der Waals surface area contributed by atoms with Gasteiger partial charge in [-0.15, -0.1) is 10.2 Å². The molecule has 1 aliphatic rings. The summed E-state index contributed by atoms with van der Waals surface area (Å²) < 4.78 is 7.85. The second-order valence-electron chi connectivity index (χ2n) is 6.91. The molecule has 0 saturated carbocycles. The first kappa shape index (κ1) is 17.8. The summed E-state index contributed by atoms with van der Waals surface area (Å²) in [5.41, 5.74) is 1.00. The van der Waals surface area contributed by atoms with Gasteiger partial charge in [0.05, 0.1) is 18.6 Å². The average molecular weight is 344 g/mol. The molecule has 3 rings (SSSR count). The fourth-order valence-electron chi connectivity index (χ4n) is 3.36. The van der Waals surface area contributed by atoms with Crippen LogP contribution in [0.25, 0.3) is 0 Å². The molecule has 2 aromatic rings. The Morgan fingerprint density at radius 3 is 2.64 bits per heavy atom. The van der Waals surface area contributed by atoms with Gasteiger partial charge in [0.25, 0.3) is 0 Å². The van der Waals surface area contributed by atoms with Crippen molar-refractivity contribution in [3.8, 4) is 0 Å². The highest BCUT2D eigenvalue weighted by Gasteiger charge is 2.22. The van der Waals surface area contributed by atoms with E-state index in [1.165, 1.54) is 0 Å². The number of likely N-dealkylation sites (N-methyl/N-ethyl adjacent to an activating group) is 1. The zero-order valence-electron chi connectivity index (χ0n) is 15.6. The lowest BCUT2D eigenvalue weighted by Crippen LogP contribution is -2.47. The summed E-state index contributed by atoms with van der Waals surface area (Å²) in [6.07, 6.45) is 3.10. The quantitative estimate of drug-likeness (QED) is 0.788. The fraction of sp³-hybridized carbons (Fsp3) is 0.611. The number of aromatic nitrogens is 4. The summed E-state index contributed by atoms with van der Waals surface area (Å²) in [5.74, 6) is 1.81. The third kappa shape index (κ3) is 4.55. The molecule has 1 aliphatic heterocycles. The van der Waals surface area contributed by atoms with Crippen LogP contribution in [0.2, 0.25) is 0 Å². The number of pyridine rings is 1. The van der Waals surface area contributed by atoms with Crippen LogP contribution < -0.4 is 4.90 Å². The summed E-state index contributed by atoms with van der Waals surface area (Å²) in [6.45, 7) is 8.16. The molecule has 0 aliphatic carbocycles. The smallest absolute Gasteiger partial charge is 0.226 e. The number of morpholine rings is 1. The molecule has 136 valence electrons. The first-order valence-electron chi connectivity index (χ1n) is 8.90. The highest BCUT2D eigenvalue weighted by atomic mass is 16.5. The third-order valence-electron chi connectivity index (χ3n) is 4.60. The van der Waals surface area contributed by atoms with Crippen LogP contribution in [0.4, 0.5) is 5.95 Å². The Hall–Kier alpha value is -1.99. The normalized spacial score (nSPS) is 21.4. The SMILES string of the molecule is C[C@@H]1CN(CCN(C)c2nnc(Cc3ccccn3)n2C)C[C@H](C)O1. The van der Waals surface area contributed by atoms with Gasteiger partial charge in [0.1, 0.15) is 5.82 Å². The zero-order valence-corrected chi connectivity index (χ0v) is 15.6. The lowest BCUT2D eigenvalue weighted by molar-refractivity contribution is -0.0670. The van der Waals surface area contributed by atoms with E-state index < -0.39 is 0 Å². The van der Waals surface area contributed by atoms with Crippen molar-refractivity contribution < 1.29 is 4.74 Å². The van der Waals surface area contributed by atoms with Crippen molar-refractivity contribution in [2.24, 2.45) is 7.05 Å². The molecule has 0 spiro atoms. The molecule has 0 aromatic carbocycles. The van der Waals surface area contributed by atoms with E-state index in [0.717, 1.165) is 43.6 Å². The first-order chi connectivity index (χ1) is 12.0. The van der Waals surface area contributed by atoms with Gasteiger partial charge in [0.15, 0.2) is 0 Å². The van der Waals surface area contributed by atoms with Crippen LogP contribution in [0.1, 0.15) is 25.4 Å². The number of nitrogens with zero attached hydrogens (tertiary/aromatic N) is 6. The average Bonchev–Trinajstić information content (AvgIpc) is 2.94. The van der Waals surface area contributed by atoms with Gasteiger partial charge in [-0.25, -0.2) is 0 Å². The maximum absolute atomic E-state index is 5.80. The van der Waals surface area contributed by atoms with Crippen molar-refractivity contribution >= 4 is 5.95 Å². The zero-order chi connectivity index (χ0) is 17.8. The summed E-state index contributed by atoms with van der Waals surface area (Å²) in [5, 5.41) is 8.72. The van der Waals surface area contributed by atoms with Crippen molar-refractivity contribution in [1.82, 2.24) is 24.6 Å². The molecule has 3 heterocycles. The fourth-order valence-corrected chi connectivity index (χ4v) is 3.36. The minimum absolute atomic E-state index is 0.300. The molecule has 0 unspecified atom stereocenters.